The Morgan fingerprint density at radius 3 is 2.53 bits per heavy atom. The molecule has 1 saturated carbocycles. The first-order chi connectivity index (χ1) is 9.15. The van der Waals surface area contributed by atoms with Gasteiger partial charge < -0.3 is 5.32 Å². The molecule has 19 heavy (non-hydrogen) atoms. The van der Waals surface area contributed by atoms with Gasteiger partial charge in [0.15, 0.2) is 0 Å². The third-order valence-corrected chi connectivity index (χ3v) is 5.22. The van der Waals surface area contributed by atoms with Gasteiger partial charge >= 0.3 is 0 Å². The summed E-state index contributed by atoms with van der Waals surface area (Å²) in [4.78, 5) is 0. The largest absolute Gasteiger partial charge is 0.314 e. The van der Waals surface area contributed by atoms with Crippen LogP contribution >= 0.6 is 0 Å². The molecule has 0 heterocycles. The van der Waals surface area contributed by atoms with Crippen molar-refractivity contribution in [2.75, 3.05) is 6.54 Å². The molecule has 0 radical (unpaired) electrons. The van der Waals surface area contributed by atoms with E-state index < -0.39 is 0 Å². The number of hydrogen-bond donors (Lipinski definition) is 1. The third kappa shape index (κ3) is 4.95. The molecule has 1 fully saturated rings. The molecule has 0 bridgehead atoms. The van der Waals surface area contributed by atoms with E-state index in [0.29, 0.717) is 0 Å². The van der Waals surface area contributed by atoms with Crippen molar-refractivity contribution in [1.29, 1.82) is 0 Å². The van der Waals surface area contributed by atoms with Gasteiger partial charge in [0, 0.05) is 6.04 Å². The van der Waals surface area contributed by atoms with E-state index in [4.69, 9.17) is 0 Å². The summed E-state index contributed by atoms with van der Waals surface area (Å²) >= 11 is 0. The Labute approximate surface area is 120 Å². The lowest BCUT2D eigenvalue weighted by Gasteiger charge is -2.29. The van der Waals surface area contributed by atoms with Gasteiger partial charge in [-0.3, -0.25) is 0 Å². The van der Waals surface area contributed by atoms with E-state index in [1.165, 1.54) is 57.9 Å². The Balaban J connectivity index is 1.73. The summed E-state index contributed by atoms with van der Waals surface area (Å²) in [7, 11) is 0. The molecule has 2 unspecified atom stereocenters. The van der Waals surface area contributed by atoms with Crippen molar-refractivity contribution < 1.29 is 0 Å². The lowest BCUT2D eigenvalue weighted by Crippen LogP contribution is -2.37. The second-order valence-corrected chi connectivity index (χ2v) is 7.24. The third-order valence-electron chi connectivity index (χ3n) is 5.22. The molecule has 1 heteroatoms. The van der Waals surface area contributed by atoms with Gasteiger partial charge in [0.05, 0.1) is 0 Å². The average Bonchev–Trinajstić information content (AvgIpc) is 2.63. The van der Waals surface area contributed by atoms with Crippen molar-refractivity contribution in [3.63, 3.8) is 0 Å². The van der Waals surface area contributed by atoms with Crippen LogP contribution in [0.2, 0.25) is 0 Å². The van der Waals surface area contributed by atoms with E-state index in [9.17, 15) is 0 Å². The topological polar surface area (TPSA) is 12.0 Å². The molecule has 3 atom stereocenters. The molecular formula is C18H33N. The van der Waals surface area contributed by atoms with Crippen molar-refractivity contribution in [1.82, 2.24) is 5.32 Å². The van der Waals surface area contributed by atoms with Crippen LogP contribution in [-0.2, 0) is 0 Å². The van der Waals surface area contributed by atoms with Gasteiger partial charge in [0.25, 0.3) is 0 Å². The number of nitrogens with one attached hydrogen (secondary N) is 1. The Kier molecular flexibility index (Phi) is 5.94. The normalized spacial score (nSPS) is 31.6. The van der Waals surface area contributed by atoms with Crippen LogP contribution in [0.1, 0.15) is 72.1 Å². The van der Waals surface area contributed by atoms with Crippen molar-refractivity contribution in [2.45, 2.75) is 78.2 Å². The fourth-order valence-corrected chi connectivity index (χ4v) is 4.17. The molecule has 2 aliphatic rings. The molecular weight excluding hydrogens is 230 g/mol. The summed E-state index contributed by atoms with van der Waals surface area (Å²) in [5.74, 6) is 2.59. The van der Waals surface area contributed by atoms with E-state index >= 15 is 0 Å². The zero-order chi connectivity index (χ0) is 13.7. The Morgan fingerprint density at radius 1 is 1.21 bits per heavy atom. The highest BCUT2D eigenvalue weighted by Crippen LogP contribution is 2.29. The predicted molar refractivity (Wildman–Crippen MR) is 84.3 cm³/mol. The zero-order valence-corrected chi connectivity index (χ0v) is 13.3. The van der Waals surface area contributed by atoms with Crippen molar-refractivity contribution in [3.05, 3.63) is 11.6 Å². The summed E-state index contributed by atoms with van der Waals surface area (Å²) < 4.78 is 0. The van der Waals surface area contributed by atoms with Crippen molar-refractivity contribution >= 4 is 0 Å². The van der Waals surface area contributed by atoms with Gasteiger partial charge in [-0.1, -0.05) is 44.3 Å². The second-order valence-electron chi connectivity index (χ2n) is 7.24. The van der Waals surface area contributed by atoms with E-state index in [0.717, 1.165) is 23.8 Å². The molecule has 1 N–H and O–H groups in total. The minimum Gasteiger partial charge on any atom is -0.314 e. The summed E-state index contributed by atoms with van der Waals surface area (Å²) in [6.07, 6.45) is 13.9. The highest BCUT2D eigenvalue weighted by atomic mass is 14.9. The maximum atomic E-state index is 3.86. The van der Waals surface area contributed by atoms with E-state index in [-0.39, 0.29) is 0 Å². The minimum atomic E-state index is 0.722. The summed E-state index contributed by atoms with van der Waals surface area (Å²) in [5, 5.41) is 3.86. The van der Waals surface area contributed by atoms with Crippen LogP contribution in [0, 0.1) is 17.8 Å². The SMILES string of the molecule is CC1=CC(C)CC(CN[C@@H](C)C2CCCCCC2)C1. The Hall–Kier alpha value is -0.300. The van der Waals surface area contributed by atoms with Crippen LogP contribution in [0.4, 0.5) is 0 Å². The fraction of sp³-hybridized carbons (Fsp3) is 0.889. The van der Waals surface area contributed by atoms with Crippen LogP contribution in [0.15, 0.2) is 11.6 Å². The lowest BCUT2D eigenvalue weighted by atomic mass is 9.83. The molecule has 110 valence electrons. The van der Waals surface area contributed by atoms with Gasteiger partial charge in [0.1, 0.15) is 0 Å². The molecule has 0 spiro atoms. The Morgan fingerprint density at radius 2 is 1.89 bits per heavy atom. The number of allylic oxidation sites excluding steroid dienone is 2. The monoisotopic (exact) mass is 263 g/mol. The van der Waals surface area contributed by atoms with E-state index in [1.54, 1.807) is 5.57 Å². The first-order valence-corrected chi connectivity index (χ1v) is 8.56. The second kappa shape index (κ2) is 7.47. The van der Waals surface area contributed by atoms with Gasteiger partial charge in [0.2, 0.25) is 0 Å². The fourth-order valence-electron chi connectivity index (χ4n) is 4.17. The van der Waals surface area contributed by atoms with Crippen LogP contribution in [0.3, 0.4) is 0 Å². The van der Waals surface area contributed by atoms with Gasteiger partial charge in [-0.25, -0.2) is 0 Å². The first kappa shape index (κ1) is 15.1. The van der Waals surface area contributed by atoms with Crippen LogP contribution < -0.4 is 5.32 Å². The van der Waals surface area contributed by atoms with Crippen LogP contribution in [0.25, 0.3) is 0 Å². The lowest BCUT2D eigenvalue weighted by molar-refractivity contribution is 0.300. The van der Waals surface area contributed by atoms with Crippen LogP contribution in [0.5, 0.6) is 0 Å². The molecule has 2 rings (SSSR count). The highest BCUT2D eigenvalue weighted by molar-refractivity contribution is 5.06. The zero-order valence-electron chi connectivity index (χ0n) is 13.3. The molecule has 0 saturated heterocycles. The highest BCUT2D eigenvalue weighted by Gasteiger charge is 2.22. The number of hydrogen-bond acceptors (Lipinski definition) is 1. The van der Waals surface area contributed by atoms with Gasteiger partial charge in [-0.2, -0.15) is 0 Å². The van der Waals surface area contributed by atoms with E-state index in [2.05, 4.69) is 32.2 Å². The Bertz CT molecular complexity index is 286. The molecule has 0 aliphatic heterocycles. The van der Waals surface area contributed by atoms with Crippen LogP contribution in [-0.4, -0.2) is 12.6 Å². The standard InChI is InChI=1S/C18H33N/c1-14-10-15(2)12-17(11-14)13-19-16(3)18-8-6-4-5-7-9-18/h10,14,16-19H,4-9,11-13H2,1-3H3/t14?,16-,17?/m0/s1. The summed E-state index contributed by atoms with van der Waals surface area (Å²) in [5.41, 5.74) is 1.60. The molecule has 0 aromatic heterocycles. The van der Waals surface area contributed by atoms with Crippen molar-refractivity contribution in [3.8, 4) is 0 Å². The average molecular weight is 263 g/mol. The quantitative estimate of drug-likeness (QED) is 0.560. The molecule has 0 amide bonds. The maximum absolute atomic E-state index is 3.86. The number of rotatable bonds is 4. The first-order valence-electron chi connectivity index (χ1n) is 8.56. The minimum absolute atomic E-state index is 0.722. The smallest absolute Gasteiger partial charge is 0.00671 e. The molecule has 2 aliphatic carbocycles. The molecule has 0 aromatic rings. The molecule has 1 nitrogen and oxygen atoms in total. The summed E-state index contributed by atoms with van der Waals surface area (Å²) in [6, 6.07) is 0.722. The van der Waals surface area contributed by atoms with Crippen molar-refractivity contribution in [2.24, 2.45) is 17.8 Å². The molecule has 0 aromatic carbocycles. The summed E-state index contributed by atoms with van der Waals surface area (Å²) in [6.45, 7) is 8.32. The predicted octanol–water partition coefficient (Wildman–Crippen LogP) is 4.93. The van der Waals surface area contributed by atoms with E-state index in [1.807, 2.05) is 0 Å². The maximum Gasteiger partial charge on any atom is 0.00671 e. The van der Waals surface area contributed by atoms with Gasteiger partial charge in [-0.15, -0.1) is 0 Å². The van der Waals surface area contributed by atoms with Gasteiger partial charge in [-0.05, 0) is 63.8 Å².